The minimum atomic E-state index is -2.53. The summed E-state index contributed by atoms with van der Waals surface area (Å²) in [6.07, 6.45) is -2.53. The Balaban J connectivity index is 2.13. The fourth-order valence-corrected chi connectivity index (χ4v) is 2.27. The molecule has 2 rings (SSSR count). The Hall–Kier alpha value is -1.69. The van der Waals surface area contributed by atoms with E-state index in [1.165, 1.54) is 0 Å². The quantitative estimate of drug-likeness (QED) is 0.878. The van der Waals surface area contributed by atoms with Gasteiger partial charge in [-0.1, -0.05) is 0 Å². The lowest BCUT2D eigenvalue weighted by Crippen LogP contribution is -2.43. The van der Waals surface area contributed by atoms with Crippen LogP contribution >= 0.6 is 0 Å². The van der Waals surface area contributed by atoms with Gasteiger partial charge in [-0.3, -0.25) is 4.79 Å². The standard InChI is InChI=1S/C14H19F2N3O/c1-10-6-11(14(20)18-9-13(15)16)8-12(7-10)19-4-2-17-3-5-19/h6-8,13,17H,2-5,9H2,1H3,(H,18,20). The highest BCUT2D eigenvalue weighted by Gasteiger charge is 2.14. The van der Waals surface area contributed by atoms with Crippen LogP contribution in [0.4, 0.5) is 14.5 Å². The molecule has 0 saturated carbocycles. The number of nitrogens with one attached hydrogen (secondary N) is 2. The molecule has 1 heterocycles. The number of carbonyl (C=O) groups excluding carboxylic acids is 1. The smallest absolute Gasteiger partial charge is 0.255 e. The third-order valence-corrected chi connectivity index (χ3v) is 3.22. The van der Waals surface area contributed by atoms with Crippen molar-refractivity contribution in [1.82, 2.24) is 10.6 Å². The van der Waals surface area contributed by atoms with Crippen LogP contribution in [0.3, 0.4) is 0 Å². The van der Waals surface area contributed by atoms with Gasteiger partial charge in [0, 0.05) is 37.4 Å². The molecule has 1 aliphatic rings. The number of anilines is 1. The molecule has 0 radical (unpaired) electrons. The van der Waals surface area contributed by atoms with Crippen molar-refractivity contribution in [3.63, 3.8) is 0 Å². The van der Waals surface area contributed by atoms with Crippen molar-refractivity contribution in [3.05, 3.63) is 29.3 Å². The summed E-state index contributed by atoms with van der Waals surface area (Å²) in [4.78, 5) is 14.0. The molecule has 0 aliphatic carbocycles. The maximum Gasteiger partial charge on any atom is 0.255 e. The highest BCUT2D eigenvalue weighted by Crippen LogP contribution is 2.19. The molecule has 6 heteroatoms. The van der Waals surface area contributed by atoms with E-state index in [0.717, 1.165) is 37.4 Å². The topological polar surface area (TPSA) is 44.4 Å². The van der Waals surface area contributed by atoms with Gasteiger partial charge in [-0.25, -0.2) is 8.78 Å². The van der Waals surface area contributed by atoms with E-state index in [9.17, 15) is 13.6 Å². The number of carbonyl (C=O) groups is 1. The van der Waals surface area contributed by atoms with Crippen LogP contribution in [-0.2, 0) is 0 Å². The number of hydrogen-bond acceptors (Lipinski definition) is 3. The summed E-state index contributed by atoms with van der Waals surface area (Å²) in [5.74, 6) is -0.453. The third-order valence-electron chi connectivity index (χ3n) is 3.22. The first-order valence-electron chi connectivity index (χ1n) is 6.70. The highest BCUT2D eigenvalue weighted by atomic mass is 19.3. The lowest BCUT2D eigenvalue weighted by Gasteiger charge is -2.30. The summed E-state index contributed by atoms with van der Waals surface area (Å²) >= 11 is 0. The number of halogens is 2. The number of hydrogen-bond donors (Lipinski definition) is 2. The maximum absolute atomic E-state index is 12.1. The van der Waals surface area contributed by atoms with E-state index in [-0.39, 0.29) is 0 Å². The molecule has 0 bridgehead atoms. The van der Waals surface area contributed by atoms with Crippen molar-refractivity contribution in [1.29, 1.82) is 0 Å². The van der Waals surface area contributed by atoms with E-state index in [1.54, 1.807) is 12.1 Å². The Morgan fingerprint density at radius 3 is 2.70 bits per heavy atom. The van der Waals surface area contributed by atoms with Crippen molar-refractivity contribution in [3.8, 4) is 0 Å². The van der Waals surface area contributed by atoms with Gasteiger partial charge in [0.05, 0.1) is 6.54 Å². The molecule has 0 unspecified atom stereocenters. The predicted molar refractivity (Wildman–Crippen MR) is 74.6 cm³/mol. The van der Waals surface area contributed by atoms with Crippen LogP contribution in [-0.4, -0.2) is 45.1 Å². The molecule has 0 atom stereocenters. The lowest BCUT2D eigenvalue weighted by atomic mass is 10.1. The van der Waals surface area contributed by atoms with E-state index < -0.39 is 18.9 Å². The minimum Gasteiger partial charge on any atom is -0.369 e. The van der Waals surface area contributed by atoms with Gasteiger partial charge in [0.15, 0.2) is 0 Å². The normalized spacial score (nSPS) is 15.5. The van der Waals surface area contributed by atoms with Gasteiger partial charge < -0.3 is 15.5 Å². The van der Waals surface area contributed by atoms with Crippen LogP contribution in [0.2, 0.25) is 0 Å². The monoisotopic (exact) mass is 283 g/mol. The minimum absolute atomic E-state index is 0.430. The van der Waals surface area contributed by atoms with E-state index in [4.69, 9.17) is 0 Å². The zero-order chi connectivity index (χ0) is 14.5. The number of alkyl halides is 2. The van der Waals surface area contributed by atoms with Crippen LogP contribution in [0.15, 0.2) is 18.2 Å². The second kappa shape index (κ2) is 6.65. The van der Waals surface area contributed by atoms with Gasteiger partial charge in [-0.05, 0) is 30.7 Å². The van der Waals surface area contributed by atoms with Crippen LogP contribution in [0.1, 0.15) is 15.9 Å². The molecule has 4 nitrogen and oxygen atoms in total. The van der Waals surface area contributed by atoms with E-state index in [1.807, 2.05) is 13.0 Å². The maximum atomic E-state index is 12.1. The number of amides is 1. The fourth-order valence-electron chi connectivity index (χ4n) is 2.27. The molecular weight excluding hydrogens is 264 g/mol. The van der Waals surface area contributed by atoms with Gasteiger partial charge in [0.1, 0.15) is 0 Å². The van der Waals surface area contributed by atoms with Crippen LogP contribution in [0.5, 0.6) is 0 Å². The Morgan fingerprint density at radius 2 is 2.05 bits per heavy atom. The number of aryl methyl sites for hydroxylation is 1. The van der Waals surface area contributed by atoms with Gasteiger partial charge in [-0.2, -0.15) is 0 Å². The van der Waals surface area contributed by atoms with Crippen LogP contribution in [0.25, 0.3) is 0 Å². The first-order chi connectivity index (χ1) is 9.56. The second-order valence-electron chi connectivity index (χ2n) is 4.90. The third kappa shape index (κ3) is 3.90. The summed E-state index contributed by atoms with van der Waals surface area (Å²) in [6, 6.07) is 5.49. The molecule has 20 heavy (non-hydrogen) atoms. The van der Waals surface area contributed by atoms with Crippen molar-refractivity contribution < 1.29 is 13.6 Å². The Morgan fingerprint density at radius 1 is 1.35 bits per heavy atom. The molecule has 0 aromatic heterocycles. The van der Waals surface area contributed by atoms with Crippen LogP contribution in [0, 0.1) is 6.92 Å². The van der Waals surface area contributed by atoms with E-state index in [0.29, 0.717) is 5.56 Å². The van der Waals surface area contributed by atoms with Gasteiger partial charge >= 0.3 is 0 Å². The van der Waals surface area contributed by atoms with E-state index in [2.05, 4.69) is 15.5 Å². The summed E-state index contributed by atoms with van der Waals surface area (Å²) in [7, 11) is 0. The SMILES string of the molecule is Cc1cc(C(=O)NCC(F)F)cc(N2CCNCC2)c1. The van der Waals surface area contributed by atoms with Crippen LogP contribution < -0.4 is 15.5 Å². The number of benzene rings is 1. The van der Waals surface area contributed by atoms with Gasteiger partial charge in [0.2, 0.25) is 0 Å². The summed E-state index contributed by atoms with van der Waals surface area (Å²) in [5.41, 5.74) is 2.34. The van der Waals surface area contributed by atoms with E-state index >= 15 is 0 Å². The average Bonchev–Trinajstić information content (AvgIpc) is 2.45. The zero-order valence-corrected chi connectivity index (χ0v) is 11.5. The summed E-state index contributed by atoms with van der Waals surface area (Å²) in [5, 5.41) is 5.50. The molecule has 1 aliphatic heterocycles. The number of nitrogens with zero attached hydrogens (tertiary/aromatic N) is 1. The molecular formula is C14H19F2N3O. The molecule has 1 saturated heterocycles. The molecule has 1 aromatic carbocycles. The van der Waals surface area contributed by atoms with Crippen molar-refractivity contribution >= 4 is 11.6 Å². The largest absolute Gasteiger partial charge is 0.369 e. The Bertz CT molecular complexity index is 473. The molecule has 110 valence electrons. The Labute approximate surface area is 117 Å². The molecule has 2 N–H and O–H groups in total. The Kier molecular flexibility index (Phi) is 4.89. The summed E-state index contributed by atoms with van der Waals surface area (Å²) < 4.78 is 24.3. The average molecular weight is 283 g/mol. The molecule has 1 fully saturated rings. The van der Waals surface area contributed by atoms with Gasteiger partial charge in [-0.15, -0.1) is 0 Å². The molecule has 0 spiro atoms. The lowest BCUT2D eigenvalue weighted by molar-refractivity contribution is 0.0891. The number of piperazine rings is 1. The summed E-state index contributed by atoms with van der Waals surface area (Å²) in [6.45, 7) is 4.84. The highest BCUT2D eigenvalue weighted by molar-refractivity contribution is 5.95. The van der Waals surface area contributed by atoms with Crippen molar-refractivity contribution in [2.24, 2.45) is 0 Å². The van der Waals surface area contributed by atoms with Crippen molar-refractivity contribution in [2.75, 3.05) is 37.6 Å². The van der Waals surface area contributed by atoms with Crippen molar-refractivity contribution in [2.45, 2.75) is 13.3 Å². The predicted octanol–water partition coefficient (Wildman–Crippen LogP) is 1.40. The zero-order valence-electron chi connectivity index (χ0n) is 11.5. The molecule has 1 aromatic rings. The first-order valence-corrected chi connectivity index (χ1v) is 6.70. The first kappa shape index (κ1) is 14.7. The molecule has 1 amide bonds. The fraction of sp³-hybridized carbons (Fsp3) is 0.500. The second-order valence-corrected chi connectivity index (χ2v) is 4.90. The number of rotatable bonds is 4. The van der Waals surface area contributed by atoms with Gasteiger partial charge in [0.25, 0.3) is 12.3 Å².